The second-order valence-corrected chi connectivity index (χ2v) is 6.44. The zero-order valence-electron chi connectivity index (χ0n) is 12.4. The van der Waals surface area contributed by atoms with Gasteiger partial charge in [-0.05, 0) is 37.3 Å². The normalized spacial score (nSPS) is 19.6. The van der Waals surface area contributed by atoms with E-state index in [2.05, 4.69) is 35.1 Å². The summed E-state index contributed by atoms with van der Waals surface area (Å²) in [6.45, 7) is 4.71. The zero-order chi connectivity index (χ0) is 14.2. The van der Waals surface area contributed by atoms with E-state index in [-0.39, 0.29) is 6.61 Å². The van der Waals surface area contributed by atoms with Crippen molar-refractivity contribution < 1.29 is 5.11 Å². The average molecular weight is 291 g/mol. The molecular formula is C17H25NOS. The van der Waals surface area contributed by atoms with Crippen molar-refractivity contribution in [2.45, 2.75) is 58.0 Å². The van der Waals surface area contributed by atoms with E-state index in [0.717, 1.165) is 18.2 Å². The van der Waals surface area contributed by atoms with E-state index >= 15 is 0 Å². The molecule has 1 aromatic rings. The highest BCUT2D eigenvalue weighted by atomic mass is 32.1. The summed E-state index contributed by atoms with van der Waals surface area (Å²) < 4.78 is 0. The molecule has 1 unspecified atom stereocenters. The summed E-state index contributed by atoms with van der Waals surface area (Å²) in [5, 5.41) is 10.9. The van der Waals surface area contributed by atoms with Crippen LogP contribution in [-0.4, -0.2) is 29.2 Å². The van der Waals surface area contributed by atoms with Gasteiger partial charge in [-0.1, -0.05) is 31.6 Å². The third-order valence-electron chi connectivity index (χ3n) is 3.92. The predicted molar refractivity (Wildman–Crippen MR) is 85.9 cm³/mol. The van der Waals surface area contributed by atoms with Crippen molar-refractivity contribution >= 4 is 11.3 Å². The zero-order valence-corrected chi connectivity index (χ0v) is 13.2. The van der Waals surface area contributed by atoms with Crippen molar-refractivity contribution in [1.29, 1.82) is 0 Å². The van der Waals surface area contributed by atoms with Gasteiger partial charge in [0.25, 0.3) is 0 Å². The standard InChI is InChI=1S/C17H25NOS/c1-2-7-16-9-3-5-11-18(16)14-17-15(10-13-20-17)8-4-6-12-19/h10,13,16,19H,2-3,5-7,9,11-12,14H2,1H3. The largest absolute Gasteiger partial charge is 0.395 e. The second kappa shape index (κ2) is 8.46. The van der Waals surface area contributed by atoms with Crippen LogP contribution in [0.5, 0.6) is 0 Å². The van der Waals surface area contributed by atoms with Crippen LogP contribution in [0.3, 0.4) is 0 Å². The van der Waals surface area contributed by atoms with Crippen molar-refractivity contribution in [3.63, 3.8) is 0 Å². The molecule has 1 aliphatic rings. The fourth-order valence-electron chi connectivity index (χ4n) is 2.90. The summed E-state index contributed by atoms with van der Waals surface area (Å²) in [5.74, 6) is 6.24. The number of rotatable bonds is 5. The van der Waals surface area contributed by atoms with Crippen molar-refractivity contribution in [3.05, 3.63) is 21.9 Å². The Labute approximate surface area is 126 Å². The molecule has 2 rings (SSSR count). The molecule has 20 heavy (non-hydrogen) atoms. The number of piperidine rings is 1. The summed E-state index contributed by atoms with van der Waals surface area (Å²) in [4.78, 5) is 4.04. The summed E-state index contributed by atoms with van der Waals surface area (Å²) in [7, 11) is 0. The van der Waals surface area contributed by atoms with Gasteiger partial charge in [0.1, 0.15) is 0 Å². The van der Waals surface area contributed by atoms with Crippen LogP contribution in [0.25, 0.3) is 0 Å². The third-order valence-corrected chi connectivity index (χ3v) is 4.83. The molecule has 1 saturated heterocycles. The predicted octanol–water partition coefficient (Wildman–Crippen LogP) is 3.64. The Morgan fingerprint density at radius 1 is 1.45 bits per heavy atom. The van der Waals surface area contributed by atoms with Crippen LogP contribution in [0.1, 0.15) is 55.9 Å². The fraction of sp³-hybridized carbons (Fsp3) is 0.647. The van der Waals surface area contributed by atoms with Crippen LogP contribution in [0, 0.1) is 11.8 Å². The lowest BCUT2D eigenvalue weighted by Crippen LogP contribution is -2.38. The molecule has 0 saturated carbocycles. The minimum absolute atomic E-state index is 0.150. The lowest BCUT2D eigenvalue weighted by molar-refractivity contribution is 0.133. The summed E-state index contributed by atoms with van der Waals surface area (Å²) in [5.41, 5.74) is 1.16. The number of likely N-dealkylation sites (tertiary alicyclic amines) is 1. The maximum Gasteiger partial charge on any atom is 0.0540 e. The molecule has 110 valence electrons. The Hall–Kier alpha value is -0.820. The van der Waals surface area contributed by atoms with E-state index in [4.69, 9.17) is 5.11 Å². The molecule has 1 aliphatic heterocycles. The highest BCUT2D eigenvalue weighted by molar-refractivity contribution is 7.10. The third kappa shape index (κ3) is 4.34. The molecule has 2 heterocycles. The van der Waals surface area contributed by atoms with Gasteiger partial charge < -0.3 is 5.11 Å². The number of aliphatic hydroxyl groups excluding tert-OH is 1. The molecule has 1 fully saturated rings. The summed E-state index contributed by atoms with van der Waals surface area (Å²) in [6.07, 6.45) is 7.22. The Balaban J connectivity index is 2.01. The first-order valence-corrected chi connectivity index (χ1v) is 8.63. The second-order valence-electron chi connectivity index (χ2n) is 5.44. The van der Waals surface area contributed by atoms with E-state index in [1.165, 1.54) is 43.5 Å². The maximum absolute atomic E-state index is 8.81. The van der Waals surface area contributed by atoms with E-state index in [1.807, 2.05) is 11.3 Å². The van der Waals surface area contributed by atoms with Crippen molar-refractivity contribution in [2.24, 2.45) is 0 Å². The van der Waals surface area contributed by atoms with E-state index in [1.54, 1.807) is 0 Å². The molecular weight excluding hydrogens is 266 g/mol. The van der Waals surface area contributed by atoms with Gasteiger partial charge >= 0.3 is 0 Å². The average Bonchev–Trinajstić information content (AvgIpc) is 2.89. The minimum Gasteiger partial charge on any atom is -0.395 e. The fourth-order valence-corrected chi connectivity index (χ4v) is 3.76. The van der Waals surface area contributed by atoms with Crippen molar-refractivity contribution in [3.8, 4) is 11.8 Å². The van der Waals surface area contributed by atoms with E-state index in [9.17, 15) is 0 Å². The molecule has 0 radical (unpaired) electrons. The van der Waals surface area contributed by atoms with E-state index in [0.29, 0.717) is 6.42 Å². The highest BCUT2D eigenvalue weighted by Gasteiger charge is 2.22. The van der Waals surface area contributed by atoms with Crippen molar-refractivity contribution in [1.82, 2.24) is 4.90 Å². The molecule has 1 N–H and O–H groups in total. The van der Waals surface area contributed by atoms with Gasteiger partial charge in [-0.3, -0.25) is 4.90 Å². The van der Waals surface area contributed by atoms with Crippen LogP contribution in [-0.2, 0) is 6.54 Å². The summed E-state index contributed by atoms with van der Waals surface area (Å²) in [6, 6.07) is 2.87. The maximum atomic E-state index is 8.81. The summed E-state index contributed by atoms with van der Waals surface area (Å²) >= 11 is 1.81. The first-order chi connectivity index (χ1) is 9.85. The van der Waals surface area contributed by atoms with Crippen LogP contribution >= 0.6 is 11.3 Å². The minimum atomic E-state index is 0.150. The number of nitrogens with zero attached hydrogens (tertiary/aromatic N) is 1. The SMILES string of the molecule is CCCC1CCCCN1Cc1sccc1C#CCCO. The molecule has 3 heteroatoms. The van der Waals surface area contributed by atoms with Crippen LogP contribution in [0.4, 0.5) is 0 Å². The quantitative estimate of drug-likeness (QED) is 0.837. The molecule has 1 atom stereocenters. The Morgan fingerprint density at radius 2 is 2.35 bits per heavy atom. The smallest absolute Gasteiger partial charge is 0.0540 e. The van der Waals surface area contributed by atoms with E-state index < -0.39 is 0 Å². The van der Waals surface area contributed by atoms with Gasteiger partial charge in [-0.15, -0.1) is 11.3 Å². The topological polar surface area (TPSA) is 23.5 Å². The van der Waals surface area contributed by atoms with Crippen LogP contribution < -0.4 is 0 Å². The molecule has 0 amide bonds. The molecule has 0 bridgehead atoms. The number of hydrogen-bond acceptors (Lipinski definition) is 3. The lowest BCUT2D eigenvalue weighted by atomic mass is 9.98. The Kier molecular flexibility index (Phi) is 6.59. The number of thiophene rings is 1. The number of hydrogen-bond donors (Lipinski definition) is 1. The molecule has 0 spiro atoms. The van der Waals surface area contributed by atoms with Gasteiger partial charge in [-0.2, -0.15) is 0 Å². The number of aliphatic hydroxyl groups is 1. The molecule has 2 nitrogen and oxygen atoms in total. The lowest BCUT2D eigenvalue weighted by Gasteiger charge is -2.35. The molecule has 1 aromatic heterocycles. The van der Waals surface area contributed by atoms with Gasteiger partial charge in [-0.25, -0.2) is 0 Å². The Morgan fingerprint density at radius 3 is 3.15 bits per heavy atom. The monoisotopic (exact) mass is 291 g/mol. The van der Waals surface area contributed by atoms with Crippen LogP contribution in [0.15, 0.2) is 11.4 Å². The van der Waals surface area contributed by atoms with Crippen molar-refractivity contribution in [2.75, 3.05) is 13.2 Å². The van der Waals surface area contributed by atoms with Gasteiger partial charge in [0.15, 0.2) is 0 Å². The Bertz CT molecular complexity index is 455. The van der Waals surface area contributed by atoms with Gasteiger partial charge in [0, 0.05) is 29.4 Å². The van der Waals surface area contributed by atoms with Gasteiger partial charge in [0.05, 0.1) is 6.61 Å². The molecule has 0 aliphatic carbocycles. The first kappa shape index (κ1) is 15.6. The van der Waals surface area contributed by atoms with Gasteiger partial charge in [0.2, 0.25) is 0 Å². The highest BCUT2D eigenvalue weighted by Crippen LogP contribution is 2.26. The van der Waals surface area contributed by atoms with Crippen LogP contribution in [0.2, 0.25) is 0 Å². The first-order valence-electron chi connectivity index (χ1n) is 7.75. The molecule has 0 aromatic carbocycles.